The van der Waals surface area contributed by atoms with Gasteiger partial charge in [-0.2, -0.15) is 0 Å². The Labute approximate surface area is 111 Å². The van der Waals surface area contributed by atoms with Crippen LogP contribution in [0.1, 0.15) is 31.2 Å². The molecular formula is C13H17BrClN. The third-order valence-corrected chi connectivity index (χ3v) is 3.90. The minimum atomic E-state index is 0.828. The first-order valence-electron chi connectivity index (χ1n) is 5.93. The molecule has 1 fully saturated rings. The Balaban J connectivity index is 1.69. The molecule has 0 unspecified atom stereocenters. The van der Waals surface area contributed by atoms with Gasteiger partial charge in [-0.25, -0.2) is 0 Å². The molecular weight excluding hydrogens is 286 g/mol. The number of hydrogen-bond acceptors (Lipinski definition) is 1. The molecule has 0 saturated heterocycles. The van der Waals surface area contributed by atoms with Gasteiger partial charge in [-0.1, -0.05) is 27.5 Å². The zero-order valence-electron chi connectivity index (χ0n) is 9.31. The Morgan fingerprint density at radius 2 is 2.12 bits per heavy atom. The first kappa shape index (κ1) is 12.4. The van der Waals surface area contributed by atoms with Crippen LogP contribution in [0.25, 0.3) is 0 Å². The third-order valence-electron chi connectivity index (χ3n) is 2.89. The van der Waals surface area contributed by atoms with Crippen molar-refractivity contribution in [3.05, 3.63) is 33.3 Å². The number of halogens is 2. The van der Waals surface area contributed by atoms with Gasteiger partial charge < -0.3 is 5.32 Å². The van der Waals surface area contributed by atoms with Gasteiger partial charge >= 0.3 is 0 Å². The maximum absolute atomic E-state index is 5.97. The number of benzene rings is 1. The van der Waals surface area contributed by atoms with Crippen LogP contribution in [0.3, 0.4) is 0 Å². The van der Waals surface area contributed by atoms with Crippen molar-refractivity contribution in [2.75, 3.05) is 6.54 Å². The molecule has 0 amide bonds. The normalized spacial score (nSPS) is 15.4. The van der Waals surface area contributed by atoms with Crippen molar-refractivity contribution in [2.24, 2.45) is 0 Å². The summed E-state index contributed by atoms with van der Waals surface area (Å²) in [4.78, 5) is 0. The highest BCUT2D eigenvalue weighted by Crippen LogP contribution is 2.23. The van der Waals surface area contributed by atoms with Crippen LogP contribution in [0.2, 0.25) is 5.02 Å². The number of unbranched alkanes of at least 4 members (excludes halogenated alkanes) is 1. The SMILES string of the molecule is Clc1ccc(Br)c(CCCCNC2CC2)c1. The summed E-state index contributed by atoms with van der Waals surface area (Å²) in [7, 11) is 0. The van der Waals surface area contributed by atoms with Gasteiger partial charge in [0.1, 0.15) is 0 Å². The van der Waals surface area contributed by atoms with Crippen LogP contribution in [0.5, 0.6) is 0 Å². The lowest BCUT2D eigenvalue weighted by molar-refractivity contribution is 0.619. The molecule has 3 heteroatoms. The molecule has 0 atom stereocenters. The van der Waals surface area contributed by atoms with E-state index in [4.69, 9.17) is 11.6 Å². The number of aryl methyl sites for hydroxylation is 1. The van der Waals surface area contributed by atoms with Crippen molar-refractivity contribution in [3.8, 4) is 0 Å². The van der Waals surface area contributed by atoms with E-state index in [2.05, 4.69) is 27.3 Å². The van der Waals surface area contributed by atoms with E-state index in [1.807, 2.05) is 12.1 Å². The first-order chi connectivity index (χ1) is 7.75. The van der Waals surface area contributed by atoms with Crippen molar-refractivity contribution >= 4 is 27.5 Å². The quantitative estimate of drug-likeness (QED) is 0.777. The van der Waals surface area contributed by atoms with Crippen LogP contribution in [-0.4, -0.2) is 12.6 Å². The molecule has 1 saturated carbocycles. The fourth-order valence-electron chi connectivity index (χ4n) is 1.77. The van der Waals surface area contributed by atoms with E-state index < -0.39 is 0 Å². The summed E-state index contributed by atoms with van der Waals surface area (Å²) < 4.78 is 1.17. The number of hydrogen-bond donors (Lipinski definition) is 1. The van der Waals surface area contributed by atoms with Gasteiger partial charge in [-0.05, 0) is 62.4 Å². The van der Waals surface area contributed by atoms with Crippen molar-refractivity contribution < 1.29 is 0 Å². The van der Waals surface area contributed by atoms with Gasteiger partial charge in [0.05, 0.1) is 0 Å². The predicted octanol–water partition coefficient (Wildman–Crippen LogP) is 4.18. The largest absolute Gasteiger partial charge is 0.314 e. The fraction of sp³-hybridized carbons (Fsp3) is 0.538. The molecule has 88 valence electrons. The summed E-state index contributed by atoms with van der Waals surface area (Å²) in [5.74, 6) is 0. The van der Waals surface area contributed by atoms with Gasteiger partial charge in [0.25, 0.3) is 0 Å². The smallest absolute Gasteiger partial charge is 0.0409 e. The van der Waals surface area contributed by atoms with Crippen LogP contribution in [0, 0.1) is 0 Å². The lowest BCUT2D eigenvalue weighted by atomic mass is 10.1. The highest BCUT2D eigenvalue weighted by atomic mass is 79.9. The Kier molecular flexibility index (Phi) is 4.68. The average Bonchev–Trinajstić information content (AvgIpc) is 3.06. The maximum Gasteiger partial charge on any atom is 0.0409 e. The van der Waals surface area contributed by atoms with Gasteiger partial charge in [-0.15, -0.1) is 0 Å². The molecule has 1 aliphatic carbocycles. The van der Waals surface area contributed by atoms with E-state index >= 15 is 0 Å². The van der Waals surface area contributed by atoms with Crippen molar-refractivity contribution in [1.29, 1.82) is 0 Å². The van der Waals surface area contributed by atoms with Crippen molar-refractivity contribution in [3.63, 3.8) is 0 Å². The molecule has 0 bridgehead atoms. The monoisotopic (exact) mass is 301 g/mol. The van der Waals surface area contributed by atoms with Crippen LogP contribution < -0.4 is 5.32 Å². The van der Waals surface area contributed by atoms with Crippen LogP contribution in [0.4, 0.5) is 0 Å². The van der Waals surface area contributed by atoms with Crippen molar-refractivity contribution in [2.45, 2.75) is 38.1 Å². The zero-order valence-corrected chi connectivity index (χ0v) is 11.6. The van der Waals surface area contributed by atoms with E-state index in [-0.39, 0.29) is 0 Å². The van der Waals surface area contributed by atoms with Crippen LogP contribution >= 0.6 is 27.5 Å². The summed E-state index contributed by atoms with van der Waals surface area (Å²) >= 11 is 9.53. The molecule has 0 radical (unpaired) electrons. The molecule has 1 N–H and O–H groups in total. The molecule has 2 rings (SSSR count). The summed E-state index contributed by atoms with van der Waals surface area (Å²) in [5, 5.41) is 4.36. The third kappa shape index (κ3) is 4.08. The molecule has 1 aromatic rings. The summed E-state index contributed by atoms with van der Waals surface area (Å²) in [6.07, 6.45) is 6.32. The highest BCUT2D eigenvalue weighted by Gasteiger charge is 2.19. The molecule has 1 nitrogen and oxygen atoms in total. The average molecular weight is 303 g/mol. The van der Waals surface area contributed by atoms with E-state index in [1.54, 1.807) is 0 Å². The first-order valence-corrected chi connectivity index (χ1v) is 7.10. The van der Waals surface area contributed by atoms with Gasteiger partial charge in [0.15, 0.2) is 0 Å². The highest BCUT2D eigenvalue weighted by molar-refractivity contribution is 9.10. The lowest BCUT2D eigenvalue weighted by Gasteiger charge is -2.06. The fourth-order valence-corrected chi connectivity index (χ4v) is 2.41. The Bertz CT molecular complexity index is 350. The van der Waals surface area contributed by atoms with Gasteiger partial charge in [0, 0.05) is 15.5 Å². The molecule has 1 aliphatic rings. The van der Waals surface area contributed by atoms with E-state index in [0.29, 0.717) is 0 Å². The minimum Gasteiger partial charge on any atom is -0.314 e. The lowest BCUT2D eigenvalue weighted by Crippen LogP contribution is -2.17. The molecule has 0 spiro atoms. The second kappa shape index (κ2) is 6.04. The molecule has 0 aromatic heterocycles. The Morgan fingerprint density at radius 3 is 2.88 bits per heavy atom. The zero-order chi connectivity index (χ0) is 11.4. The van der Waals surface area contributed by atoms with E-state index in [9.17, 15) is 0 Å². The molecule has 1 aromatic carbocycles. The number of nitrogens with one attached hydrogen (secondary N) is 1. The van der Waals surface area contributed by atoms with Crippen LogP contribution in [0.15, 0.2) is 22.7 Å². The van der Waals surface area contributed by atoms with Crippen molar-refractivity contribution in [1.82, 2.24) is 5.32 Å². The molecule has 0 aliphatic heterocycles. The minimum absolute atomic E-state index is 0.828. The Morgan fingerprint density at radius 1 is 1.31 bits per heavy atom. The topological polar surface area (TPSA) is 12.0 Å². The molecule has 0 heterocycles. The Hall–Kier alpha value is -0.0500. The maximum atomic E-state index is 5.97. The second-order valence-corrected chi connectivity index (χ2v) is 5.71. The standard InChI is InChI=1S/C13H17BrClN/c14-13-7-4-11(15)9-10(13)3-1-2-8-16-12-5-6-12/h4,7,9,12,16H,1-3,5-6,8H2. The summed E-state index contributed by atoms with van der Waals surface area (Å²) in [5.41, 5.74) is 1.32. The molecule has 16 heavy (non-hydrogen) atoms. The van der Waals surface area contributed by atoms with E-state index in [0.717, 1.165) is 24.0 Å². The summed E-state index contributed by atoms with van der Waals surface area (Å²) in [6, 6.07) is 6.84. The van der Waals surface area contributed by atoms with Gasteiger partial charge in [0.2, 0.25) is 0 Å². The van der Waals surface area contributed by atoms with E-state index in [1.165, 1.54) is 35.7 Å². The van der Waals surface area contributed by atoms with Crippen LogP contribution in [-0.2, 0) is 6.42 Å². The van der Waals surface area contributed by atoms with Gasteiger partial charge in [-0.3, -0.25) is 0 Å². The predicted molar refractivity (Wildman–Crippen MR) is 73.1 cm³/mol. The second-order valence-electron chi connectivity index (χ2n) is 4.42. The summed E-state index contributed by atoms with van der Waals surface area (Å²) in [6.45, 7) is 1.16. The number of rotatable bonds is 6.